The molecule has 0 bridgehead atoms. The number of pyridine rings is 1. The topological polar surface area (TPSA) is 53.5 Å². The maximum Gasteiger partial charge on any atom is 0.247 e. The molecule has 5 nitrogen and oxygen atoms in total. The van der Waals surface area contributed by atoms with Gasteiger partial charge in [0.1, 0.15) is 6.04 Å². The molecule has 0 radical (unpaired) electrons. The zero-order valence-corrected chi connectivity index (χ0v) is 23.9. The molecule has 4 aromatic rings. The molecule has 5 heteroatoms. The van der Waals surface area contributed by atoms with Gasteiger partial charge in [-0.05, 0) is 65.8 Å². The van der Waals surface area contributed by atoms with Crippen LogP contribution in [0, 0.1) is 6.92 Å². The number of carbonyl (C=O) groups is 2. The predicted molar refractivity (Wildman–Crippen MR) is 164 cm³/mol. The molecule has 0 unspecified atom stereocenters. The monoisotopic (exact) mass is 543 g/mol. The zero-order chi connectivity index (χ0) is 28.6. The fraction of sp³-hybridized carbons (Fsp3) is 0.250. The molecule has 5 rings (SSSR count). The average Bonchev–Trinajstić information content (AvgIpc) is 3.02. The lowest BCUT2D eigenvalue weighted by Gasteiger charge is -2.36. The Morgan fingerprint density at radius 1 is 0.902 bits per heavy atom. The third kappa shape index (κ3) is 7.17. The standard InChI is InChI=1S/C36H37N3O2/c1-3-28-15-17-30(18-16-28)25-39(35(40)20-19-29-13-11-27(2)12-14-29)34(24-33-10-6-7-22-37-33)36(41)38-23-21-31-8-4-5-9-32(31)26-38/h4-20,22,34H,3,21,23-26H2,1-2H3/b20-19-/t34-/m0/s1. The summed E-state index contributed by atoms with van der Waals surface area (Å²) in [5.74, 6) is -0.246. The Bertz CT molecular complexity index is 1490. The van der Waals surface area contributed by atoms with Crippen molar-refractivity contribution in [3.63, 3.8) is 0 Å². The van der Waals surface area contributed by atoms with Crippen molar-refractivity contribution in [1.29, 1.82) is 0 Å². The summed E-state index contributed by atoms with van der Waals surface area (Å²) in [6.07, 6.45) is 7.25. The number of hydrogen-bond acceptors (Lipinski definition) is 3. The van der Waals surface area contributed by atoms with Crippen molar-refractivity contribution in [2.75, 3.05) is 6.54 Å². The first-order valence-corrected chi connectivity index (χ1v) is 14.4. The van der Waals surface area contributed by atoms with E-state index in [0.717, 1.165) is 40.8 Å². The highest BCUT2D eigenvalue weighted by Gasteiger charge is 2.34. The molecular formula is C36H37N3O2. The van der Waals surface area contributed by atoms with Gasteiger partial charge in [0.15, 0.2) is 0 Å². The fourth-order valence-corrected chi connectivity index (χ4v) is 5.30. The van der Waals surface area contributed by atoms with Crippen LogP contribution in [0.1, 0.15) is 46.0 Å². The molecule has 2 amide bonds. The van der Waals surface area contributed by atoms with Crippen molar-refractivity contribution in [2.45, 2.75) is 52.2 Å². The van der Waals surface area contributed by atoms with Crippen molar-refractivity contribution in [2.24, 2.45) is 0 Å². The lowest BCUT2D eigenvalue weighted by atomic mass is 9.98. The van der Waals surface area contributed by atoms with Crippen LogP contribution in [-0.4, -0.2) is 39.2 Å². The lowest BCUT2D eigenvalue weighted by Crippen LogP contribution is -2.52. The molecule has 1 aromatic heterocycles. The number of amides is 2. The van der Waals surface area contributed by atoms with Crippen molar-refractivity contribution >= 4 is 17.9 Å². The summed E-state index contributed by atoms with van der Waals surface area (Å²) in [4.78, 5) is 36.5. The van der Waals surface area contributed by atoms with Gasteiger partial charge in [0.05, 0.1) is 0 Å². The number of hydrogen-bond donors (Lipinski definition) is 0. The summed E-state index contributed by atoms with van der Waals surface area (Å²) in [5, 5.41) is 0. The van der Waals surface area contributed by atoms with Gasteiger partial charge in [-0.25, -0.2) is 0 Å². The molecule has 0 N–H and O–H groups in total. The van der Waals surface area contributed by atoms with Crippen LogP contribution < -0.4 is 0 Å². The van der Waals surface area contributed by atoms with Crippen LogP contribution in [0.15, 0.2) is 103 Å². The maximum absolute atomic E-state index is 14.3. The van der Waals surface area contributed by atoms with Gasteiger partial charge in [-0.1, -0.05) is 91.3 Å². The van der Waals surface area contributed by atoms with Crippen molar-refractivity contribution in [1.82, 2.24) is 14.8 Å². The van der Waals surface area contributed by atoms with E-state index in [1.54, 1.807) is 17.2 Å². The summed E-state index contributed by atoms with van der Waals surface area (Å²) in [5.41, 5.74) is 7.55. The van der Waals surface area contributed by atoms with E-state index in [1.165, 1.54) is 11.1 Å². The summed E-state index contributed by atoms with van der Waals surface area (Å²) in [6, 6.07) is 29.6. The van der Waals surface area contributed by atoms with E-state index in [9.17, 15) is 9.59 Å². The number of fused-ring (bicyclic) bond motifs is 1. The van der Waals surface area contributed by atoms with Crippen LogP contribution >= 0.6 is 0 Å². The number of aromatic nitrogens is 1. The average molecular weight is 544 g/mol. The van der Waals surface area contributed by atoms with Crippen molar-refractivity contribution in [3.05, 3.63) is 142 Å². The molecule has 1 atom stereocenters. The van der Waals surface area contributed by atoms with Gasteiger partial charge in [-0.15, -0.1) is 0 Å². The van der Waals surface area contributed by atoms with Gasteiger partial charge in [-0.2, -0.15) is 0 Å². The summed E-state index contributed by atoms with van der Waals surface area (Å²) >= 11 is 0. The summed E-state index contributed by atoms with van der Waals surface area (Å²) in [7, 11) is 0. The molecule has 2 heterocycles. The van der Waals surface area contributed by atoms with Gasteiger partial charge in [0, 0.05) is 44.0 Å². The molecule has 41 heavy (non-hydrogen) atoms. The molecule has 0 aliphatic carbocycles. The smallest absolute Gasteiger partial charge is 0.247 e. The van der Waals surface area contributed by atoms with Crippen LogP contribution in [0.25, 0.3) is 6.08 Å². The normalized spacial score (nSPS) is 13.6. The number of benzene rings is 3. The quantitative estimate of drug-likeness (QED) is 0.237. The molecule has 0 saturated carbocycles. The van der Waals surface area contributed by atoms with E-state index in [2.05, 4.69) is 48.3 Å². The van der Waals surface area contributed by atoms with E-state index in [4.69, 9.17) is 0 Å². The maximum atomic E-state index is 14.3. The molecular weight excluding hydrogens is 506 g/mol. The summed E-state index contributed by atoms with van der Waals surface area (Å²) < 4.78 is 0. The molecule has 3 aromatic carbocycles. The molecule has 0 fully saturated rings. The van der Waals surface area contributed by atoms with E-state index < -0.39 is 6.04 Å². The number of nitrogens with zero attached hydrogens (tertiary/aromatic N) is 3. The summed E-state index contributed by atoms with van der Waals surface area (Å²) in [6.45, 7) is 5.66. The van der Waals surface area contributed by atoms with Crippen molar-refractivity contribution in [3.8, 4) is 0 Å². The van der Waals surface area contributed by atoms with E-state index >= 15 is 0 Å². The predicted octanol–water partition coefficient (Wildman–Crippen LogP) is 6.19. The minimum Gasteiger partial charge on any atom is -0.336 e. The first-order valence-electron chi connectivity index (χ1n) is 14.4. The third-order valence-corrected chi connectivity index (χ3v) is 7.80. The highest BCUT2D eigenvalue weighted by Crippen LogP contribution is 2.23. The largest absolute Gasteiger partial charge is 0.336 e. The minimum absolute atomic E-state index is 0.0487. The zero-order valence-electron chi connectivity index (χ0n) is 23.9. The first-order chi connectivity index (χ1) is 20.0. The Kier molecular flexibility index (Phi) is 9.05. The molecule has 0 spiro atoms. The molecule has 1 aliphatic heterocycles. The van der Waals surface area contributed by atoms with Crippen LogP contribution in [0.3, 0.4) is 0 Å². The van der Waals surface area contributed by atoms with Crippen LogP contribution in [0.5, 0.6) is 0 Å². The van der Waals surface area contributed by atoms with Gasteiger partial charge in [0.25, 0.3) is 0 Å². The number of carbonyl (C=O) groups excluding carboxylic acids is 2. The van der Waals surface area contributed by atoms with E-state index in [1.807, 2.05) is 72.5 Å². The minimum atomic E-state index is -0.698. The van der Waals surface area contributed by atoms with Gasteiger partial charge in [-0.3, -0.25) is 14.6 Å². The second kappa shape index (κ2) is 13.2. The Morgan fingerprint density at radius 3 is 2.32 bits per heavy atom. The Morgan fingerprint density at radius 2 is 1.61 bits per heavy atom. The van der Waals surface area contributed by atoms with Crippen molar-refractivity contribution < 1.29 is 9.59 Å². The second-order valence-corrected chi connectivity index (χ2v) is 10.7. The van der Waals surface area contributed by atoms with Gasteiger partial charge in [0.2, 0.25) is 11.8 Å². The molecule has 0 saturated heterocycles. The van der Waals surface area contributed by atoms with E-state index in [0.29, 0.717) is 26.1 Å². The molecule has 1 aliphatic rings. The third-order valence-electron chi connectivity index (χ3n) is 7.80. The van der Waals surface area contributed by atoms with Crippen LogP contribution in [-0.2, 0) is 41.9 Å². The highest BCUT2D eigenvalue weighted by atomic mass is 16.2. The Hall–Kier alpha value is -4.51. The Labute approximate surface area is 243 Å². The fourth-order valence-electron chi connectivity index (χ4n) is 5.30. The van der Waals surface area contributed by atoms with Crippen LogP contribution in [0.4, 0.5) is 0 Å². The first kappa shape index (κ1) is 28.0. The number of rotatable bonds is 9. The van der Waals surface area contributed by atoms with E-state index in [-0.39, 0.29) is 11.8 Å². The second-order valence-electron chi connectivity index (χ2n) is 10.7. The highest BCUT2D eigenvalue weighted by molar-refractivity contribution is 5.95. The lowest BCUT2D eigenvalue weighted by molar-refractivity contribution is -0.144. The van der Waals surface area contributed by atoms with Crippen LogP contribution in [0.2, 0.25) is 0 Å². The Balaban J connectivity index is 1.49. The van der Waals surface area contributed by atoms with Gasteiger partial charge >= 0.3 is 0 Å². The SMILES string of the molecule is CCc1ccc(CN(C(=O)/C=C\c2ccc(C)cc2)[C@@H](Cc2ccccn2)C(=O)N2CCc3ccccc3C2)cc1. The number of aryl methyl sites for hydroxylation is 2. The van der Waals surface area contributed by atoms with Gasteiger partial charge < -0.3 is 9.80 Å². The molecule has 208 valence electrons.